The van der Waals surface area contributed by atoms with Crippen LogP contribution in [0.5, 0.6) is 5.75 Å². The zero-order valence-corrected chi connectivity index (χ0v) is 14.9. The molecule has 2 amide bonds. The summed E-state index contributed by atoms with van der Waals surface area (Å²) in [5, 5.41) is 2.50. The second-order valence-electron chi connectivity index (χ2n) is 5.50. The molecule has 2 rings (SSSR count). The lowest BCUT2D eigenvalue weighted by Crippen LogP contribution is -2.37. The number of rotatable bonds is 6. The second kappa shape index (κ2) is 8.22. The van der Waals surface area contributed by atoms with Crippen molar-refractivity contribution in [3.8, 4) is 5.75 Å². The van der Waals surface area contributed by atoms with Gasteiger partial charge in [0.25, 0.3) is 5.91 Å². The third kappa shape index (κ3) is 5.76. The van der Waals surface area contributed by atoms with Crippen molar-refractivity contribution in [2.45, 2.75) is 19.8 Å². The number of likely N-dealkylation sites (N-methyl/N-ethyl adjacent to an activating group) is 1. The van der Waals surface area contributed by atoms with Crippen LogP contribution in [-0.2, 0) is 11.3 Å². The first kappa shape index (κ1) is 19.8. The lowest BCUT2D eigenvalue weighted by Gasteiger charge is -2.20. The number of amides is 2. The van der Waals surface area contributed by atoms with Crippen molar-refractivity contribution >= 4 is 23.2 Å². The van der Waals surface area contributed by atoms with Crippen LogP contribution in [0.3, 0.4) is 0 Å². The number of nitrogens with zero attached hydrogens (tertiary/aromatic N) is 1. The molecule has 5 nitrogen and oxygen atoms in total. The normalized spacial score (nSPS) is 11.1. The minimum atomic E-state index is -4.81. The number of halogens is 3. The van der Waals surface area contributed by atoms with E-state index in [0.29, 0.717) is 4.88 Å². The predicted octanol–water partition coefficient (Wildman–Crippen LogP) is 3.34. The molecule has 140 valence electrons. The summed E-state index contributed by atoms with van der Waals surface area (Å²) in [4.78, 5) is 26.8. The molecule has 26 heavy (non-hydrogen) atoms. The Kier molecular flexibility index (Phi) is 6.25. The molecule has 1 heterocycles. The zero-order valence-electron chi connectivity index (χ0n) is 14.1. The first-order chi connectivity index (χ1) is 12.2. The molecule has 0 unspecified atom stereocenters. The monoisotopic (exact) mass is 386 g/mol. The maximum Gasteiger partial charge on any atom is 0.573 e. The van der Waals surface area contributed by atoms with Crippen LogP contribution >= 0.6 is 11.3 Å². The summed E-state index contributed by atoms with van der Waals surface area (Å²) < 4.78 is 41.3. The summed E-state index contributed by atoms with van der Waals surface area (Å²) in [5.41, 5.74) is 0.209. The molecule has 0 radical (unpaired) electrons. The highest BCUT2D eigenvalue weighted by Crippen LogP contribution is 2.26. The van der Waals surface area contributed by atoms with Gasteiger partial charge >= 0.3 is 6.36 Å². The molecule has 0 aliphatic carbocycles. The number of hydrogen-bond donors (Lipinski definition) is 1. The van der Waals surface area contributed by atoms with E-state index in [1.807, 2.05) is 6.92 Å². The number of carbonyl (C=O) groups is 2. The lowest BCUT2D eigenvalue weighted by atomic mass is 10.2. The predicted molar refractivity (Wildman–Crippen MR) is 91.0 cm³/mol. The minimum absolute atomic E-state index is 0.0843. The zero-order chi connectivity index (χ0) is 19.3. The molecule has 1 aromatic carbocycles. The van der Waals surface area contributed by atoms with Gasteiger partial charge in [0.15, 0.2) is 0 Å². The minimum Gasteiger partial charge on any atom is -0.405 e. The van der Waals surface area contributed by atoms with Gasteiger partial charge in [-0.2, -0.15) is 0 Å². The Morgan fingerprint density at radius 1 is 1.19 bits per heavy atom. The van der Waals surface area contributed by atoms with Crippen molar-refractivity contribution < 1.29 is 27.5 Å². The SMILES string of the molecule is Cc1ccc(C(=O)NCC(=O)N(C)Cc2ccccc2OC(F)(F)F)s1. The van der Waals surface area contributed by atoms with Gasteiger partial charge in [0.2, 0.25) is 5.91 Å². The van der Waals surface area contributed by atoms with Gasteiger partial charge in [-0.15, -0.1) is 24.5 Å². The van der Waals surface area contributed by atoms with E-state index in [-0.39, 0.29) is 30.3 Å². The van der Waals surface area contributed by atoms with Crippen LogP contribution in [0.2, 0.25) is 0 Å². The smallest absolute Gasteiger partial charge is 0.405 e. The first-order valence-corrected chi connectivity index (χ1v) is 8.39. The van der Waals surface area contributed by atoms with Crippen molar-refractivity contribution in [3.63, 3.8) is 0 Å². The van der Waals surface area contributed by atoms with Crippen LogP contribution < -0.4 is 10.1 Å². The number of nitrogens with one attached hydrogen (secondary N) is 1. The van der Waals surface area contributed by atoms with Crippen molar-refractivity contribution in [1.29, 1.82) is 0 Å². The highest BCUT2D eigenvalue weighted by atomic mass is 32.1. The summed E-state index contributed by atoms with van der Waals surface area (Å²) >= 11 is 1.31. The Balaban J connectivity index is 1.94. The fourth-order valence-electron chi connectivity index (χ4n) is 2.14. The largest absolute Gasteiger partial charge is 0.573 e. The Labute approximate surface area is 152 Å². The van der Waals surface area contributed by atoms with Crippen molar-refractivity contribution in [2.75, 3.05) is 13.6 Å². The molecule has 9 heteroatoms. The van der Waals surface area contributed by atoms with E-state index >= 15 is 0 Å². The highest BCUT2D eigenvalue weighted by molar-refractivity contribution is 7.13. The molecule has 1 aromatic heterocycles. The Morgan fingerprint density at radius 2 is 1.88 bits per heavy atom. The molecule has 0 saturated heterocycles. The maximum atomic E-state index is 12.4. The van der Waals surface area contributed by atoms with E-state index in [1.54, 1.807) is 18.2 Å². The molecule has 0 bridgehead atoms. The van der Waals surface area contributed by atoms with Crippen molar-refractivity contribution in [2.24, 2.45) is 0 Å². The van der Waals surface area contributed by atoms with Crippen LogP contribution in [-0.4, -0.2) is 36.7 Å². The molecule has 1 N–H and O–H groups in total. The molecule has 0 saturated carbocycles. The number of alkyl halides is 3. The summed E-state index contributed by atoms with van der Waals surface area (Å²) in [7, 11) is 1.44. The summed E-state index contributed by atoms with van der Waals surface area (Å²) in [6.07, 6.45) is -4.81. The molecule has 0 aliphatic heterocycles. The quantitative estimate of drug-likeness (QED) is 0.828. The molecule has 0 aliphatic rings. The van der Waals surface area contributed by atoms with Gasteiger partial charge in [-0.1, -0.05) is 18.2 Å². The van der Waals surface area contributed by atoms with Gasteiger partial charge in [-0.05, 0) is 25.1 Å². The van der Waals surface area contributed by atoms with Gasteiger partial charge in [-0.25, -0.2) is 0 Å². The number of carbonyl (C=O) groups excluding carboxylic acids is 2. The van der Waals surface area contributed by atoms with Crippen molar-refractivity contribution in [1.82, 2.24) is 10.2 Å². The fraction of sp³-hybridized carbons (Fsp3) is 0.294. The molecule has 0 atom stereocenters. The van der Waals surface area contributed by atoms with Crippen LogP contribution in [0.25, 0.3) is 0 Å². The number of hydrogen-bond acceptors (Lipinski definition) is 4. The number of ether oxygens (including phenoxy) is 1. The average Bonchev–Trinajstić information content (AvgIpc) is 2.99. The molecule has 0 fully saturated rings. The topological polar surface area (TPSA) is 58.6 Å². The number of thiophene rings is 1. The van der Waals surface area contributed by atoms with E-state index < -0.39 is 12.3 Å². The molecule has 2 aromatic rings. The Hall–Kier alpha value is -2.55. The van der Waals surface area contributed by atoms with E-state index in [2.05, 4.69) is 10.1 Å². The van der Waals surface area contributed by atoms with Gasteiger partial charge in [-0.3, -0.25) is 9.59 Å². The standard InChI is InChI=1S/C17H17F3N2O3S/c1-11-7-8-14(26-11)16(24)21-9-15(23)22(2)10-12-5-3-4-6-13(12)25-17(18,19)20/h3-8H,9-10H2,1-2H3,(H,21,24). The highest BCUT2D eigenvalue weighted by Gasteiger charge is 2.32. The van der Waals surface area contributed by atoms with Gasteiger partial charge in [0, 0.05) is 24.0 Å². The van der Waals surface area contributed by atoms with Crippen molar-refractivity contribution in [3.05, 3.63) is 51.7 Å². The fourth-order valence-corrected chi connectivity index (χ4v) is 2.92. The maximum absolute atomic E-state index is 12.4. The second-order valence-corrected chi connectivity index (χ2v) is 6.79. The molecular weight excluding hydrogens is 369 g/mol. The molecular formula is C17H17F3N2O3S. The third-order valence-electron chi connectivity index (χ3n) is 3.40. The first-order valence-electron chi connectivity index (χ1n) is 7.58. The number of aryl methyl sites for hydroxylation is 1. The van der Waals surface area contributed by atoms with Gasteiger partial charge in [0.05, 0.1) is 11.4 Å². The van der Waals surface area contributed by atoms with Crippen LogP contribution in [0.4, 0.5) is 13.2 Å². The van der Waals surface area contributed by atoms with Gasteiger partial charge in [0.1, 0.15) is 5.75 Å². The number of benzene rings is 1. The third-order valence-corrected chi connectivity index (χ3v) is 4.40. The lowest BCUT2D eigenvalue weighted by molar-refractivity contribution is -0.275. The van der Waals surface area contributed by atoms with E-state index in [4.69, 9.17) is 0 Å². The van der Waals surface area contributed by atoms with E-state index in [0.717, 1.165) is 4.88 Å². The van der Waals surface area contributed by atoms with Crippen LogP contribution in [0, 0.1) is 6.92 Å². The summed E-state index contributed by atoms with van der Waals surface area (Å²) in [5.74, 6) is -1.17. The Morgan fingerprint density at radius 3 is 2.50 bits per heavy atom. The van der Waals surface area contributed by atoms with Crippen LogP contribution in [0.15, 0.2) is 36.4 Å². The summed E-state index contributed by atoms with van der Waals surface area (Å²) in [6.45, 7) is 1.52. The average molecular weight is 386 g/mol. The van der Waals surface area contributed by atoms with Gasteiger partial charge < -0.3 is 15.0 Å². The van der Waals surface area contributed by atoms with E-state index in [1.165, 1.54) is 41.5 Å². The summed E-state index contributed by atoms with van der Waals surface area (Å²) in [6, 6.07) is 9.05. The number of para-hydroxylation sites is 1. The Bertz CT molecular complexity index is 790. The van der Waals surface area contributed by atoms with E-state index in [9.17, 15) is 22.8 Å². The van der Waals surface area contributed by atoms with Crippen LogP contribution in [0.1, 0.15) is 20.1 Å². The molecule has 0 spiro atoms.